The van der Waals surface area contributed by atoms with Crippen LogP contribution in [0.15, 0.2) is 0 Å². The molecule has 0 radical (unpaired) electrons. The van der Waals surface area contributed by atoms with Crippen molar-refractivity contribution in [3.8, 4) is 0 Å². The van der Waals surface area contributed by atoms with Crippen molar-refractivity contribution in [1.29, 1.82) is 0 Å². The van der Waals surface area contributed by atoms with E-state index in [1.807, 2.05) is 20.8 Å². The molecule has 1 amide bonds. The molecule has 2 rings (SSSR count). The summed E-state index contributed by atoms with van der Waals surface area (Å²) >= 11 is 0. The van der Waals surface area contributed by atoms with Crippen LogP contribution in [-0.2, 0) is 4.74 Å². The first-order valence-corrected chi connectivity index (χ1v) is 6.57. The van der Waals surface area contributed by atoms with Gasteiger partial charge in [0.05, 0.1) is 0 Å². The van der Waals surface area contributed by atoms with Crippen LogP contribution in [0.3, 0.4) is 0 Å². The first kappa shape index (κ1) is 13.6. The highest BCUT2D eigenvalue weighted by molar-refractivity contribution is 5.68. The van der Waals surface area contributed by atoms with Gasteiger partial charge in [-0.05, 0) is 44.4 Å². The van der Waals surface area contributed by atoms with E-state index >= 15 is 0 Å². The van der Waals surface area contributed by atoms with E-state index in [1.54, 1.807) is 4.90 Å². The molecule has 2 fully saturated rings. The van der Waals surface area contributed by atoms with Crippen LogP contribution in [0.5, 0.6) is 0 Å². The Labute approximate surface area is 108 Å². The summed E-state index contributed by atoms with van der Waals surface area (Å²) in [5.74, 6) is 0.902. The van der Waals surface area contributed by atoms with Crippen molar-refractivity contribution in [2.24, 2.45) is 23.7 Å². The number of carbonyl (C=O) groups excluding carboxylic acids is 1. The zero-order chi connectivity index (χ0) is 13.5. The maximum atomic E-state index is 11.9. The van der Waals surface area contributed by atoms with Crippen molar-refractivity contribution < 1.29 is 19.7 Å². The molecular formula is C13H23NO4. The maximum Gasteiger partial charge on any atom is 0.410 e. The van der Waals surface area contributed by atoms with Crippen LogP contribution in [0, 0.1) is 23.7 Å². The van der Waals surface area contributed by atoms with Gasteiger partial charge in [0.1, 0.15) is 5.60 Å². The molecule has 5 heteroatoms. The van der Waals surface area contributed by atoms with E-state index in [2.05, 4.69) is 0 Å². The predicted octanol–water partition coefficient (Wildman–Crippen LogP) is 0.700. The van der Waals surface area contributed by atoms with Gasteiger partial charge in [0, 0.05) is 26.3 Å². The fourth-order valence-electron chi connectivity index (χ4n) is 3.27. The lowest BCUT2D eigenvalue weighted by Gasteiger charge is -2.46. The highest BCUT2D eigenvalue weighted by atomic mass is 16.6. The summed E-state index contributed by atoms with van der Waals surface area (Å²) in [6.45, 7) is 7.01. The van der Waals surface area contributed by atoms with Crippen molar-refractivity contribution in [2.75, 3.05) is 26.3 Å². The number of rotatable bonds is 2. The van der Waals surface area contributed by atoms with E-state index in [4.69, 9.17) is 4.74 Å². The van der Waals surface area contributed by atoms with E-state index in [0.717, 1.165) is 0 Å². The second-order valence-electron chi connectivity index (χ2n) is 6.41. The van der Waals surface area contributed by atoms with Gasteiger partial charge in [-0.15, -0.1) is 0 Å². The Morgan fingerprint density at radius 1 is 1.17 bits per heavy atom. The molecule has 18 heavy (non-hydrogen) atoms. The summed E-state index contributed by atoms with van der Waals surface area (Å²) in [5.41, 5.74) is -0.481. The molecule has 1 saturated heterocycles. The minimum absolute atomic E-state index is 0.0918. The number of carbonyl (C=O) groups is 1. The zero-order valence-electron chi connectivity index (χ0n) is 11.3. The molecule has 1 aliphatic heterocycles. The third-order valence-corrected chi connectivity index (χ3v) is 4.14. The number of aliphatic hydroxyl groups is 2. The average Bonchev–Trinajstić information content (AvgIpc) is 2.58. The highest BCUT2D eigenvalue weighted by Crippen LogP contribution is 2.50. The first-order valence-electron chi connectivity index (χ1n) is 6.57. The van der Waals surface area contributed by atoms with Gasteiger partial charge >= 0.3 is 6.09 Å². The van der Waals surface area contributed by atoms with Crippen LogP contribution >= 0.6 is 0 Å². The molecule has 1 saturated carbocycles. The van der Waals surface area contributed by atoms with Gasteiger partial charge in [0.2, 0.25) is 0 Å². The van der Waals surface area contributed by atoms with Crippen molar-refractivity contribution in [3.05, 3.63) is 0 Å². The molecule has 104 valence electrons. The molecule has 4 unspecified atom stereocenters. The van der Waals surface area contributed by atoms with Gasteiger partial charge in [0.25, 0.3) is 0 Å². The topological polar surface area (TPSA) is 70.0 Å². The minimum Gasteiger partial charge on any atom is -0.444 e. The molecule has 0 aromatic heterocycles. The van der Waals surface area contributed by atoms with E-state index in [0.29, 0.717) is 24.9 Å². The summed E-state index contributed by atoms with van der Waals surface area (Å²) in [4.78, 5) is 13.7. The number of hydrogen-bond acceptors (Lipinski definition) is 4. The summed E-state index contributed by atoms with van der Waals surface area (Å²) in [6.07, 6.45) is -0.287. The van der Waals surface area contributed by atoms with Crippen LogP contribution in [0.2, 0.25) is 0 Å². The van der Waals surface area contributed by atoms with E-state index < -0.39 is 5.60 Å². The number of likely N-dealkylation sites (tertiary alicyclic amines) is 1. The molecule has 5 nitrogen and oxygen atoms in total. The molecule has 1 aliphatic carbocycles. The van der Waals surface area contributed by atoms with E-state index in [1.165, 1.54) is 0 Å². The Hall–Kier alpha value is -0.810. The van der Waals surface area contributed by atoms with Gasteiger partial charge < -0.3 is 19.8 Å². The lowest BCUT2D eigenvalue weighted by atomic mass is 9.59. The van der Waals surface area contributed by atoms with Crippen LogP contribution in [0.1, 0.15) is 20.8 Å². The molecule has 2 aliphatic rings. The molecule has 0 aromatic rings. The average molecular weight is 257 g/mol. The van der Waals surface area contributed by atoms with Gasteiger partial charge in [-0.2, -0.15) is 0 Å². The second-order valence-corrected chi connectivity index (χ2v) is 6.41. The normalized spacial score (nSPS) is 35.1. The molecule has 0 aromatic carbocycles. The Morgan fingerprint density at radius 2 is 1.61 bits per heavy atom. The first-order chi connectivity index (χ1) is 8.37. The lowest BCUT2D eigenvalue weighted by Crippen LogP contribution is -2.49. The van der Waals surface area contributed by atoms with Gasteiger partial charge in [-0.1, -0.05) is 0 Å². The van der Waals surface area contributed by atoms with E-state index in [9.17, 15) is 15.0 Å². The standard InChI is InChI=1S/C13H23NO4/c1-13(2,3)18-12(17)14-4-8-9(5-14)11(7-16)10(8)6-15/h8-11,15-16H,4-7H2,1-3H3. The predicted molar refractivity (Wildman–Crippen MR) is 65.9 cm³/mol. The van der Waals surface area contributed by atoms with Crippen molar-refractivity contribution >= 4 is 6.09 Å². The smallest absolute Gasteiger partial charge is 0.410 e. The van der Waals surface area contributed by atoms with Crippen LogP contribution in [0.25, 0.3) is 0 Å². The Bertz CT molecular complexity index is 307. The molecule has 0 bridgehead atoms. The fraction of sp³-hybridized carbons (Fsp3) is 0.923. The fourth-order valence-corrected chi connectivity index (χ4v) is 3.27. The summed E-state index contributed by atoms with van der Waals surface area (Å²) in [6, 6.07) is 0. The number of hydrogen-bond donors (Lipinski definition) is 2. The third kappa shape index (κ3) is 2.34. The quantitative estimate of drug-likeness (QED) is 0.764. The van der Waals surface area contributed by atoms with Crippen LogP contribution in [0.4, 0.5) is 4.79 Å². The van der Waals surface area contributed by atoms with Gasteiger partial charge in [0.15, 0.2) is 0 Å². The Morgan fingerprint density at radius 3 is 1.94 bits per heavy atom. The monoisotopic (exact) mass is 257 g/mol. The molecule has 2 N–H and O–H groups in total. The SMILES string of the molecule is CC(C)(C)OC(=O)N1CC2C(CO)C(CO)C2C1. The number of fused-ring (bicyclic) bond motifs is 1. The van der Waals surface area contributed by atoms with Crippen molar-refractivity contribution in [1.82, 2.24) is 4.90 Å². The lowest BCUT2D eigenvalue weighted by molar-refractivity contribution is -0.0516. The largest absolute Gasteiger partial charge is 0.444 e. The van der Waals surface area contributed by atoms with Crippen molar-refractivity contribution in [2.45, 2.75) is 26.4 Å². The van der Waals surface area contributed by atoms with Crippen molar-refractivity contribution in [3.63, 3.8) is 0 Å². The molecule has 0 spiro atoms. The van der Waals surface area contributed by atoms with Gasteiger partial charge in [-0.25, -0.2) is 4.79 Å². The summed E-state index contributed by atoms with van der Waals surface area (Å²) < 4.78 is 5.35. The molecular weight excluding hydrogens is 234 g/mol. The third-order valence-electron chi connectivity index (χ3n) is 4.14. The van der Waals surface area contributed by atoms with E-state index in [-0.39, 0.29) is 31.1 Å². The Kier molecular flexibility index (Phi) is 3.56. The summed E-state index contributed by atoms with van der Waals surface area (Å²) in [7, 11) is 0. The number of nitrogens with zero attached hydrogens (tertiary/aromatic N) is 1. The summed E-state index contributed by atoms with van der Waals surface area (Å²) in [5, 5.41) is 18.6. The molecule has 4 atom stereocenters. The maximum absolute atomic E-state index is 11.9. The number of ether oxygens (including phenoxy) is 1. The van der Waals surface area contributed by atoms with Crippen LogP contribution in [-0.4, -0.2) is 53.1 Å². The zero-order valence-corrected chi connectivity index (χ0v) is 11.3. The second kappa shape index (κ2) is 4.70. The number of amides is 1. The highest BCUT2D eigenvalue weighted by Gasteiger charge is 2.55. The number of aliphatic hydroxyl groups excluding tert-OH is 2. The Balaban J connectivity index is 1.94. The molecule has 1 heterocycles. The van der Waals surface area contributed by atoms with Gasteiger partial charge in [-0.3, -0.25) is 0 Å². The van der Waals surface area contributed by atoms with Crippen LogP contribution < -0.4 is 0 Å². The minimum atomic E-state index is -0.481.